The maximum absolute atomic E-state index is 6.39. The maximum atomic E-state index is 6.39. The van der Waals surface area contributed by atoms with Gasteiger partial charge in [-0.3, -0.25) is 0 Å². The van der Waals surface area contributed by atoms with Crippen LogP contribution in [0.3, 0.4) is 0 Å². The fraction of sp³-hybridized carbons (Fsp3) is 0.368. The molecule has 0 amide bonds. The number of hydrogen-bond acceptors (Lipinski definition) is 3. The van der Waals surface area contributed by atoms with Crippen LogP contribution in [-0.2, 0) is 13.2 Å². The van der Waals surface area contributed by atoms with Gasteiger partial charge in [-0.15, -0.1) is 0 Å². The Morgan fingerprint density at radius 2 is 1.67 bits per heavy atom. The van der Waals surface area contributed by atoms with Crippen LogP contribution < -0.4 is 14.8 Å². The Bertz CT molecular complexity index is 645. The summed E-state index contributed by atoms with van der Waals surface area (Å²) in [5, 5.41) is 4.73. The zero-order valence-electron chi connectivity index (χ0n) is 14.1. The van der Waals surface area contributed by atoms with Crippen molar-refractivity contribution in [3.63, 3.8) is 0 Å². The number of ether oxygens (including phenoxy) is 2. The molecule has 0 saturated carbocycles. The van der Waals surface area contributed by atoms with Crippen LogP contribution in [0.15, 0.2) is 36.4 Å². The summed E-state index contributed by atoms with van der Waals surface area (Å²) in [6.45, 7) is 6.75. The van der Waals surface area contributed by atoms with Gasteiger partial charge in [0.15, 0.2) is 11.5 Å². The van der Waals surface area contributed by atoms with Gasteiger partial charge in [-0.2, -0.15) is 0 Å². The highest BCUT2D eigenvalue weighted by atomic mass is 35.5. The van der Waals surface area contributed by atoms with Crippen molar-refractivity contribution in [2.45, 2.75) is 33.4 Å². The molecule has 2 rings (SSSR count). The Morgan fingerprint density at radius 3 is 2.33 bits per heavy atom. The molecule has 0 aliphatic carbocycles. The Kier molecular flexibility index (Phi) is 7.70. The Labute approximate surface area is 153 Å². The smallest absolute Gasteiger partial charge is 0.163 e. The molecule has 0 radical (unpaired) electrons. The lowest BCUT2D eigenvalue weighted by Crippen LogP contribution is -2.14. The molecule has 0 fully saturated rings. The maximum Gasteiger partial charge on any atom is 0.163 e. The van der Waals surface area contributed by atoms with Crippen LogP contribution in [0.4, 0.5) is 0 Å². The second kappa shape index (κ2) is 9.77. The van der Waals surface area contributed by atoms with Gasteiger partial charge in [0.2, 0.25) is 0 Å². The molecule has 0 aliphatic rings. The number of halogens is 2. The van der Waals surface area contributed by atoms with Gasteiger partial charge in [-0.05, 0) is 49.2 Å². The molecular weight excluding hydrogens is 345 g/mol. The van der Waals surface area contributed by atoms with Crippen molar-refractivity contribution in [3.05, 3.63) is 57.6 Å². The van der Waals surface area contributed by atoms with E-state index >= 15 is 0 Å². The highest BCUT2D eigenvalue weighted by molar-refractivity contribution is 6.31. The summed E-state index contributed by atoms with van der Waals surface area (Å²) in [6.07, 6.45) is 1.08. The molecule has 0 atom stereocenters. The van der Waals surface area contributed by atoms with Gasteiger partial charge in [-0.1, -0.05) is 42.3 Å². The highest BCUT2D eigenvalue weighted by Crippen LogP contribution is 2.34. The Hall–Kier alpha value is -1.42. The lowest BCUT2D eigenvalue weighted by molar-refractivity contribution is 0.269. The van der Waals surface area contributed by atoms with Crippen LogP contribution in [-0.4, -0.2) is 13.2 Å². The first kappa shape index (κ1) is 18.9. The normalized spacial score (nSPS) is 10.7. The van der Waals surface area contributed by atoms with E-state index in [-0.39, 0.29) is 0 Å². The van der Waals surface area contributed by atoms with E-state index in [1.807, 2.05) is 43.3 Å². The minimum atomic E-state index is 0.432. The third kappa shape index (κ3) is 5.59. The molecule has 0 saturated heterocycles. The first-order valence-corrected chi connectivity index (χ1v) is 8.92. The summed E-state index contributed by atoms with van der Waals surface area (Å²) >= 11 is 12.3. The van der Waals surface area contributed by atoms with E-state index in [0.29, 0.717) is 41.3 Å². The Morgan fingerprint density at radius 1 is 0.958 bits per heavy atom. The highest BCUT2D eigenvalue weighted by Gasteiger charge is 2.11. The SMILES string of the molecule is CCCNCc1cc(OCC)c(OCc2ccc(Cl)cc2)cc1Cl. The van der Waals surface area contributed by atoms with Crippen molar-refractivity contribution in [3.8, 4) is 11.5 Å². The standard InChI is InChI=1S/C19H23Cl2NO2/c1-3-9-22-12-15-10-18(23-4-2)19(11-17(15)21)24-13-14-5-7-16(20)8-6-14/h5-8,10-11,22H,3-4,9,12-13H2,1-2H3. The van der Waals surface area contributed by atoms with E-state index in [4.69, 9.17) is 32.7 Å². The molecule has 130 valence electrons. The number of hydrogen-bond donors (Lipinski definition) is 1. The van der Waals surface area contributed by atoms with Gasteiger partial charge < -0.3 is 14.8 Å². The van der Waals surface area contributed by atoms with E-state index in [2.05, 4.69) is 12.2 Å². The summed E-state index contributed by atoms with van der Waals surface area (Å²) in [6, 6.07) is 11.3. The van der Waals surface area contributed by atoms with Crippen molar-refractivity contribution in [1.29, 1.82) is 0 Å². The first-order valence-electron chi connectivity index (χ1n) is 8.17. The van der Waals surface area contributed by atoms with Crippen molar-refractivity contribution in [1.82, 2.24) is 5.32 Å². The van der Waals surface area contributed by atoms with Gasteiger partial charge in [-0.25, -0.2) is 0 Å². The second-order valence-corrected chi connectivity index (χ2v) is 6.26. The van der Waals surface area contributed by atoms with E-state index < -0.39 is 0 Å². The monoisotopic (exact) mass is 367 g/mol. The quantitative estimate of drug-likeness (QED) is 0.596. The van der Waals surface area contributed by atoms with Crippen LogP contribution in [0.1, 0.15) is 31.4 Å². The molecule has 1 N–H and O–H groups in total. The third-order valence-electron chi connectivity index (χ3n) is 3.46. The average molecular weight is 368 g/mol. The summed E-state index contributed by atoms with van der Waals surface area (Å²) in [5.74, 6) is 1.36. The summed E-state index contributed by atoms with van der Waals surface area (Å²) in [7, 11) is 0. The molecular formula is C19H23Cl2NO2. The fourth-order valence-corrected chi connectivity index (χ4v) is 2.58. The van der Waals surface area contributed by atoms with Crippen LogP contribution in [0, 0.1) is 0 Å². The average Bonchev–Trinajstić information content (AvgIpc) is 2.58. The molecule has 0 unspecified atom stereocenters. The lowest BCUT2D eigenvalue weighted by atomic mass is 10.2. The third-order valence-corrected chi connectivity index (χ3v) is 4.07. The lowest BCUT2D eigenvalue weighted by Gasteiger charge is -2.15. The number of nitrogens with one attached hydrogen (secondary N) is 1. The first-order chi connectivity index (χ1) is 11.6. The molecule has 0 aliphatic heterocycles. The largest absolute Gasteiger partial charge is 0.490 e. The summed E-state index contributed by atoms with van der Waals surface area (Å²) in [4.78, 5) is 0. The predicted molar refractivity (Wildman–Crippen MR) is 100 cm³/mol. The van der Waals surface area contributed by atoms with Gasteiger partial charge in [0, 0.05) is 22.7 Å². The van der Waals surface area contributed by atoms with Gasteiger partial charge in [0.05, 0.1) is 6.61 Å². The predicted octanol–water partition coefficient (Wildman–Crippen LogP) is 5.47. The molecule has 24 heavy (non-hydrogen) atoms. The van der Waals surface area contributed by atoms with Crippen LogP contribution in [0.5, 0.6) is 11.5 Å². The number of rotatable bonds is 9. The van der Waals surface area contributed by atoms with Gasteiger partial charge in [0.1, 0.15) is 6.61 Å². The van der Waals surface area contributed by atoms with Crippen molar-refractivity contribution in [2.75, 3.05) is 13.2 Å². The van der Waals surface area contributed by atoms with Crippen molar-refractivity contribution >= 4 is 23.2 Å². The van der Waals surface area contributed by atoms with Gasteiger partial charge in [0.25, 0.3) is 0 Å². The second-order valence-electron chi connectivity index (χ2n) is 5.42. The minimum Gasteiger partial charge on any atom is -0.490 e. The van der Waals surface area contributed by atoms with Crippen molar-refractivity contribution in [2.24, 2.45) is 0 Å². The fourth-order valence-electron chi connectivity index (χ4n) is 2.24. The molecule has 0 heterocycles. The van der Waals surface area contributed by atoms with E-state index in [1.54, 1.807) is 0 Å². The molecule has 0 bridgehead atoms. The zero-order valence-corrected chi connectivity index (χ0v) is 15.6. The van der Waals surface area contributed by atoms with Gasteiger partial charge >= 0.3 is 0 Å². The number of benzene rings is 2. The Balaban J connectivity index is 2.12. The zero-order chi connectivity index (χ0) is 17.4. The molecule has 5 heteroatoms. The molecule has 2 aromatic rings. The molecule has 3 nitrogen and oxygen atoms in total. The van der Waals surface area contributed by atoms with E-state index in [9.17, 15) is 0 Å². The van der Waals surface area contributed by atoms with E-state index in [0.717, 1.165) is 24.1 Å². The van der Waals surface area contributed by atoms with Crippen LogP contribution >= 0.6 is 23.2 Å². The topological polar surface area (TPSA) is 30.5 Å². The van der Waals surface area contributed by atoms with Crippen LogP contribution in [0.2, 0.25) is 10.0 Å². The summed E-state index contributed by atoms with van der Waals surface area (Å²) in [5.41, 5.74) is 2.04. The minimum absolute atomic E-state index is 0.432. The van der Waals surface area contributed by atoms with E-state index in [1.165, 1.54) is 0 Å². The van der Waals surface area contributed by atoms with Crippen LogP contribution in [0.25, 0.3) is 0 Å². The molecule has 0 aromatic heterocycles. The molecule has 0 spiro atoms. The molecule has 2 aromatic carbocycles. The van der Waals surface area contributed by atoms with Crippen molar-refractivity contribution < 1.29 is 9.47 Å². The summed E-state index contributed by atoms with van der Waals surface area (Å²) < 4.78 is 11.6.